The largest absolute Gasteiger partial charge is 0.381 e. The van der Waals surface area contributed by atoms with Crippen LogP contribution in [-0.4, -0.2) is 61.6 Å². The van der Waals surface area contributed by atoms with Gasteiger partial charge in [0.1, 0.15) is 0 Å². The number of hydrogen-bond acceptors (Lipinski definition) is 3. The highest BCUT2D eigenvalue weighted by molar-refractivity contribution is 14.0. The molecule has 28 heavy (non-hydrogen) atoms. The highest BCUT2D eigenvalue weighted by Gasteiger charge is 2.25. The summed E-state index contributed by atoms with van der Waals surface area (Å²) >= 11 is 0. The predicted octanol–water partition coefficient (Wildman–Crippen LogP) is 2.86. The first kappa shape index (κ1) is 22.9. The Balaban J connectivity index is 0.00000280. The van der Waals surface area contributed by atoms with Gasteiger partial charge in [0.05, 0.1) is 6.61 Å². The number of guanidine groups is 1. The van der Waals surface area contributed by atoms with Crippen LogP contribution in [0.15, 0.2) is 29.3 Å². The number of benzene rings is 1. The maximum absolute atomic E-state index is 12.5. The van der Waals surface area contributed by atoms with Gasteiger partial charge in [-0.05, 0) is 30.9 Å². The molecule has 1 fully saturated rings. The molecule has 0 aliphatic carbocycles. The molecule has 7 heteroatoms. The smallest absolute Gasteiger partial charge is 0.223 e. The van der Waals surface area contributed by atoms with Gasteiger partial charge in [-0.15, -0.1) is 24.0 Å². The Bertz CT molecular complexity index is 643. The number of likely N-dealkylation sites (tertiary alicyclic amines) is 1. The van der Waals surface area contributed by atoms with E-state index in [0.29, 0.717) is 12.3 Å². The lowest BCUT2D eigenvalue weighted by Crippen LogP contribution is -2.40. The van der Waals surface area contributed by atoms with E-state index in [0.717, 1.165) is 64.7 Å². The second-order valence-electron chi connectivity index (χ2n) is 7.36. The zero-order valence-corrected chi connectivity index (χ0v) is 19.4. The summed E-state index contributed by atoms with van der Waals surface area (Å²) in [6, 6.07) is 8.31. The molecule has 1 aromatic rings. The molecule has 2 heterocycles. The van der Waals surface area contributed by atoms with Crippen molar-refractivity contribution in [1.82, 2.24) is 15.1 Å². The minimum atomic E-state index is 0. The number of hydrogen-bond donors (Lipinski definition) is 1. The summed E-state index contributed by atoms with van der Waals surface area (Å²) in [4.78, 5) is 21.1. The van der Waals surface area contributed by atoms with E-state index >= 15 is 0 Å². The van der Waals surface area contributed by atoms with Crippen molar-refractivity contribution < 1.29 is 9.53 Å². The minimum Gasteiger partial charge on any atom is -0.381 e. The summed E-state index contributed by atoms with van der Waals surface area (Å²) in [5.41, 5.74) is 2.56. The molecule has 0 aromatic heterocycles. The van der Waals surface area contributed by atoms with Gasteiger partial charge in [0.15, 0.2) is 5.96 Å². The van der Waals surface area contributed by atoms with Gasteiger partial charge in [-0.3, -0.25) is 9.79 Å². The SMILES string of the molecule is CCOCC1CCN(C(=NC)NCCCC(=O)N2Cc3ccccc3C2)C1.I. The van der Waals surface area contributed by atoms with Crippen molar-refractivity contribution >= 4 is 35.8 Å². The number of amides is 1. The number of carbonyl (C=O) groups excluding carboxylic acids is 1. The van der Waals surface area contributed by atoms with E-state index in [1.807, 2.05) is 31.0 Å². The fraction of sp³-hybridized carbons (Fsp3) is 0.619. The van der Waals surface area contributed by atoms with E-state index in [2.05, 4.69) is 27.3 Å². The Morgan fingerprint density at radius 3 is 2.61 bits per heavy atom. The summed E-state index contributed by atoms with van der Waals surface area (Å²) in [7, 11) is 1.82. The zero-order chi connectivity index (χ0) is 19.1. The van der Waals surface area contributed by atoms with Crippen LogP contribution in [0.25, 0.3) is 0 Å². The topological polar surface area (TPSA) is 57.2 Å². The Hall–Kier alpha value is -1.35. The van der Waals surface area contributed by atoms with Crippen LogP contribution in [-0.2, 0) is 22.6 Å². The molecule has 3 rings (SSSR count). The molecule has 1 amide bonds. The molecule has 1 unspecified atom stereocenters. The van der Waals surface area contributed by atoms with E-state index in [1.165, 1.54) is 11.1 Å². The maximum atomic E-state index is 12.5. The van der Waals surface area contributed by atoms with Gasteiger partial charge in [0.25, 0.3) is 0 Å². The summed E-state index contributed by atoms with van der Waals surface area (Å²) in [5, 5.41) is 3.42. The molecule has 156 valence electrons. The Morgan fingerprint density at radius 1 is 1.25 bits per heavy atom. The zero-order valence-electron chi connectivity index (χ0n) is 17.0. The molecule has 2 aliphatic heterocycles. The molecule has 0 spiro atoms. The standard InChI is InChI=1S/C21H32N4O2.HI/c1-3-27-16-17-10-12-24(13-17)21(22-2)23-11-6-9-20(26)25-14-18-7-4-5-8-19(18)15-25;/h4-5,7-8,17H,3,6,9-16H2,1-2H3,(H,22,23);1H. The number of aliphatic imine (C=N–C) groups is 1. The lowest BCUT2D eigenvalue weighted by molar-refractivity contribution is -0.131. The third-order valence-corrected chi connectivity index (χ3v) is 5.40. The third kappa shape index (κ3) is 6.07. The van der Waals surface area contributed by atoms with Gasteiger partial charge in [0.2, 0.25) is 5.91 Å². The van der Waals surface area contributed by atoms with Gasteiger partial charge in [-0.25, -0.2) is 0 Å². The van der Waals surface area contributed by atoms with Crippen molar-refractivity contribution in [3.05, 3.63) is 35.4 Å². The van der Waals surface area contributed by atoms with E-state index < -0.39 is 0 Å². The first-order chi connectivity index (χ1) is 13.2. The lowest BCUT2D eigenvalue weighted by atomic mass is 10.1. The van der Waals surface area contributed by atoms with Gasteiger partial charge in [-0.2, -0.15) is 0 Å². The van der Waals surface area contributed by atoms with Gasteiger partial charge < -0.3 is 19.9 Å². The number of halogens is 1. The van der Waals surface area contributed by atoms with Gasteiger partial charge >= 0.3 is 0 Å². The minimum absolute atomic E-state index is 0. The van der Waals surface area contributed by atoms with Crippen molar-refractivity contribution in [1.29, 1.82) is 0 Å². The third-order valence-electron chi connectivity index (χ3n) is 5.40. The summed E-state index contributed by atoms with van der Waals surface area (Å²) in [5.74, 6) is 1.76. The fourth-order valence-electron chi connectivity index (χ4n) is 3.89. The van der Waals surface area contributed by atoms with Crippen molar-refractivity contribution in [3.8, 4) is 0 Å². The second-order valence-corrected chi connectivity index (χ2v) is 7.36. The monoisotopic (exact) mass is 500 g/mol. The molecule has 1 aromatic carbocycles. The average molecular weight is 500 g/mol. The first-order valence-electron chi connectivity index (χ1n) is 10.1. The number of carbonyl (C=O) groups is 1. The van der Waals surface area contributed by atoms with E-state index in [4.69, 9.17) is 4.74 Å². The molecule has 0 radical (unpaired) electrons. The lowest BCUT2D eigenvalue weighted by Gasteiger charge is -2.22. The summed E-state index contributed by atoms with van der Waals surface area (Å²) in [6.45, 7) is 7.92. The molecular weight excluding hydrogens is 467 g/mol. The van der Waals surface area contributed by atoms with Crippen molar-refractivity contribution in [2.24, 2.45) is 10.9 Å². The maximum Gasteiger partial charge on any atom is 0.223 e. The molecule has 0 saturated carbocycles. The van der Waals surface area contributed by atoms with Crippen molar-refractivity contribution in [2.75, 3.05) is 39.9 Å². The number of ether oxygens (including phenoxy) is 1. The Morgan fingerprint density at radius 2 is 1.96 bits per heavy atom. The van der Waals surface area contributed by atoms with E-state index in [9.17, 15) is 4.79 Å². The predicted molar refractivity (Wildman–Crippen MR) is 123 cm³/mol. The molecule has 2 aliphatic rings. The van der Waals surface area contributed by atoms with Crippen LogP contribution in [0.4, 0.5) is 0 Å². The number of nitrogens with one attached hydrogen (secondary N) is 1. The normalized spacial score (nSPS) is 18.8. The van der Waals surface area contributed by atoms with Crippen molar-refractivity contribution in [3.63, 3.8) is 0 Å². The number of fused-ring (bicyclic) bond motifs is 1. The molecule has 1 saturated heterocycles. The molecule has 1 atom stereocenters. The van der Waals surface area contributed by atoms with Crippen LogP contribution in [0.1, 0.15) is 37.3 Å². The molecule has 6 nitrogen and oxygen atoms in total. The Kier molecular flexibility index (Phi) is 9.50. The highest BCUT2D eigenvalue weighted by atomic mass is 127. The highest BCUT2D eigenvalue weighted by Crippen LogP contribution is 2.23. The summed E-state index contributed by atoms with van der Waals surface area (Å²) in [6.07, 6.45) is 2.54. The summed E-state index contributed by atoms with van der Waals surface area (Å²) < 4.78 is 5.55. The van der Waals surface area contributed by atoms with Gasteiger partial charge in [0, 0.05) is 58.7 Å². The Labute approximate surface area is 185 Å². The van der Waals surface area contributed by atoms with Crippen LogP contribution in [0.5, 0.6) is 0 Å². The second kappa shape index (κ2) is 11.6. The van der Waals surface area contributed by atoms with Crippen LogP contribution < -0.4 is 5.32 Å². The van der Waals surface area contributed by atoms with Crippen molar-refractivity contribution in [2.45, 2.75) is 39.3 Å². The van der Waals surface area contributed by atoms with Crippen LogP contribution in [0.3, 0.4) is 0 Å². The van der Waals surface area contributed by atoms with Gasteiger partial charge in [-0.1, -0.05) is 24.3 Å². The van der Waals surface area contributed by atoms with Crippen LogP contribution in [0.2, 0.25) is 0 Å². The molecule has 1 N–H and O–H groups in total. The molecular formula is C21H33IN4O2. The average Bonchev–Trinajstić information content (AvgIpc) is 3.33. The number of rotatable bonds is 7. The van der Waals surface area contributed by atoms with Crippen LogP contribution in [0, 0.1) is 5.92 Å². The van der Waals surface area contributed by atoms with E-state index in [1.54, 1.807) is 0 Å². The van der Waals surface area contributed by atoms with E-state index in [-0.39, 0.29) is 29.9 Å². The van der Waals surface area contributed by atoms with Crippen LogP contribution >= 0.6 is 24.0 Å². The number of nitrogens with zero attached hydrogens (tertiary/aromatic N) is 3. The quantitative estimate of drug-likeness (QED) is 0.271. The fourth-order valence-corrected chi connectivity index (χ4v) is 3.89. The molecule has 0 bridgehead atoms. The first-order valence-corrected chi connectivity index (χ1v) is 10.1.